The smallest absolute Gasteiger partial charge is 0.225 e. The summed E-state index contributed by atoms with van der Waals surface area (Å²) in [5.74, 6) is 1.67. The first-order valence-corrected chi connectivity index (χ1v) is 5.73. The van der Waals surface area contributed by atoms with Crippen molar-refractivity contribution in [1.29, 1.82) is 0 Å². The van der Waals surface area contributed by atoms with Crippen molar-refractivity contribution in [2.75, 3.05) is 13.1 Å². The molecule has 0 bridgehead atoms. The molecule has 1 amide bonds. The minimum absolute atomic E-state index is 0.0841. The van der Waals surface area contributed by atoms with Crippen LogP contribution in [0.25, 0.3) is 0 Å². The monoisotopic (exact) mass is 210 g/mol. The summed E-state index contributed by atoms with van der Waals surface area (Å²) in [4.78, 5) is 23.9. The average molecular weight is 210 g/mol. The van der Waals surface area contributed by atoms with Gasteiger partial charge in [-0.1, -0.05) is 19.0 Å². The van der Waals surface area contributed by atoms with Gasteiger partial charge in [-0.15, -0.1) is 0 Å². The van der Waals surface area contributed by atoms with Crippen molar-refractivity contribution in [3.05, 3.63) is 4.91 Å². The maximum absolute atomic E-state index is 11.8. The van der Waals surface area contributed by atoms with Gasteiger partial charge >= 0.3 is 0 Å². The average Bonchev–Trinajstić information content (AvgIpc) is 1.98. The fourth-order valence-electron chi connectivity index (χ4n) is 2.25. The Hall–Kier alpha value is -0.930. The summed E-state index contributed by atoms with van der Waals surface area (Å²) < 4.78 is 0. The number of hydrogen-bond donors (Lipinski definition) is 0. The fourth-order valence-corrected chi connectivity index (χ4v) is 2.25. The number of hydrogen-bond acceptors (Lipinski definition) is 3. The van der Waals surface area contributed by atoms with Crippen LogP contribution in [0.5, 0.6) is 0 Å². The van der Waals surface area contributed by atoms with E-state index in [4.69, 9.17) is 0 Å². The molecule has 1 aliphatic carbocycles. The molecule has 0 atom stereocenters. The molecule has 4 nitrogen and oxygen atoms in total. The highest BCUT2D eigenvalue weighted by atomic mass is 16.3. The second-order valence-electron chi connectivity index (χ2n) is 5.17. The van der Waals surface area contributed by atoms with Crippen LogP contribution in [0, 0.1) is 22.7 Å². The van der Waals surface area contributed by atoms with E-state index in [1.165, 1.54) is 0 Å². The molecule has 0 radical (unpaired) electrons. The highest BCUT2D eigenvalue weighted by molar-refractivity contribution is 5.80. The largest absolute Gasteiger partial charge is 0.342 e. The van der Waals surface area contributed by atoms with Crippen LogP contribution in [0.15, 0.2) is 5.18 Å². The number of nitrogens with zero attached hydrogens (tertiary/aromatic N) is 2. The summed E-state index contributed by atoms with van der Waals surface area (Å²) >= 11 is 0. The zero-order valence-corrected chi connectivity index (χ0v) is 9.35. The first-order chi connectivity index (χ1) is 7.11. The summed E-state index contributed by atoms with van der Waals surface area (Å²) in [5, 5.41) is 2.95. The highest BCUT2D eigenvalue weighted by Gasteiger charge is 2.41. The number of carbonyl (C=O) groups is 1. The van der Waals surface area contributed by atoms with E-state index < -0.39 is 0 Å². The lowest BCUT2D eigenvalue weighted by Crippen LogP contribution is -2.55. The molecule has 0 aromatic carbocycles. The molecule has 0 aromatic rings. The molecule has 4 heteroatoms. The topological polar surface area (TPSA) is 49.7 Å². The third kappa shape index (κ3) is 1.90. The molecule has 2 aliphatic rings. The van der Waals surface area contributed by atoms with E-state index in [0.29, 0.717) is 24.7 Å². The summed E-state index contributed by atoms with van der Waals surface area (Å²) in [6.45, 7) is 6.21. The van der Waals surface area contributed by atoms with Gasteiger partial charge in [0.25, 0.3) is 0 Å². The van der Waals surface area contributed by atoms with E-state index in [1.807, 2.05) is 4.90 Å². The first-order valence-electron chi connectivity index (χ1n) is 5.73. The van der Waals surface area contributed by atoms with E-state index in [-0.39, 0.29) is 17.9 Å². The quantitative estimate of drug-likeness (QED) is 0.665. The lowest BCUT2D eigenvalue weighted by atomic mass is 9.78. The van der Waals surface area contributed by atoms with Gasteiger partial charge in [-0.3, -0.25) is 4.79 Å². The van der Waals surface area contributed by atoms with Gasteiger partial charge in [0.05, 0.1) is 6.04 Å². The van der Waals surface area contributed by atoms with Crippen molar-refractivity contribution in [3.63, 3.8) is 0 Å². The molecule has 1 aliphatic heterocycles. The molecule has 0 N–H and O–H groups in total. The van der Waals surface area contributed by atoms with Crippen molar-refractivity contribution in [3.8, 4) is 0 Å². The second-order valence-corrected chi connectivity index (χ2v) is 5.17. The normalized spacial score (nSPS) is 31.0. The minimum atomic E-state index is -0.0962. The maximum Gasteiger partial charge on any atom is 0.225 e. The Morgan fingerprint density at radius 3 is 2.40 bits per heavy atom. The van der Waals surface area contributed by atoms with Crippen LogP contribution in [-0.2, 0) is 4.79 Å². The van der Waals surface area contributed by atoms with E-state index in [0.717, 1.165) is 13.1 Å². The predicted molar refractivity (Wildman–Crippen MR) is 57.2 cm³/mol. The third-order valence-electron chi connectivity index (χ3n) is 3.78. The Morgan fingerprint density at radius 2 is 1.93 bits per heavy atom. The first kappa shape index (κ1) is 10.6. The molecule has 1 saturated carbocycles. The van der Waals surface area contributed by atoms with Crippen molar-refractivity contribution in [1.82, 2.24) is 4.90 Å². The van der Waals surface area contributed by atoms with Gasteiger partial charge in [0.2, 0.25) is 5.91 Å². The van der Waals surface area contributed by atoms with Gasteiger partial charge in [0.1, 0.15) is 0 Å². The number of likely N-dealkylation sites (tertiary alicyclic amines) is 1. The van der Waals surface area contributed by atoms with Gasteiger partial charge in [0.15, 0.2) is 0 Å². The van der Waals surface area contributed by atoms with Crippen molar-refractivity contribution < 1.29 is 4.79 Å². The van der Waals surface area contributed by atoms with Crippen LogP contribution in [0.4, 0.5) is 0 Å². The molecular weight excluding hydrogens is 192 g/mol. The zero-order chi connectivity index (χ0) is 11.0. The lowest BCUT2D eigenvalue weighted by molar-refractivity contribution is -0.146. The molecular formula is C11H18N2O2. The van der Waals surface area contributed by atoms with E-state index in [9.17, 15) is 9.70 Å². The molecule has 84 valence electrons. The van der Waals surface area contributed by atoms with Crippen LogP contribution in [0.1, 0.15) is 26.7 Å². The van der Waals surface area contributed by atoms with Crippen LogP contribution < -0.4 is 0 Å². The lowest BCUT2D eigenvalue weighted by Gasteiger charge is -2.45. The number of amides is 1. The molecule has 0 unspecified atom stereocenters. The van der Waals surface area contributed by atoms with E-state index in [2.05, 4.69) is 19.0 Å². The zero-order valence-electron chi connectivity index (χ0n) is 9.35. The van der Waals surface area contributed by atoms with Crippen molar-refractivity contribution in [2.45, 2.75) is 32.7 Å². The van der Waals surface area contributed by atoms with Gasteiger partial charge in [-0.05, 0) is 24.7 Å². The number of nitroso groups, excluding NO2 is 1. The third-order valence-corrected chi connectivity index (χ3v) is 3.78. The van der Waals surface area contributed by atoms with Crippen molar-refractivity contribution in [2.24, 2.45) is 22.9 Å². The van der Waals surface area contributed by atoms with Gasteiger partial charge in [-0.25, -0.2) is 0 Å². The summed E-state index contributed by atoms with van der Waals surface area (Å²) in [5.41, 5.74) is 0. The van der Waals surface area contributed by atoms with Gasteiger partial charge in [0, 0.05) is 19.0 Å². The Labute approximate surface area is 90.0 Å². The maximum atomic E-state index is 11.8. The molecule has 2 fully saturated rings. The molecule has 15 heavy (non-hydrogen) atoms. The predicted octanol–water partition coefficient (Wildman–Crippen LogP) is 1.65. The summed E-state index contributed by atoms with van der Waals surface area (Å²) in [6.07, 6.45) is 1.34. The van der Waals surface area contributed by atoms with Crippen molar-refractivity contribution >= 4 is 5.91 Å². The SMILES string of the molecule is CC(C)C1CN(C(=O)C2CC(N=O)C2)C1. The van der Waals surface area contributed by atoms with Gasteiger partial charge in [-0.2, -0.15) is 4.91 Å². The standard InChI is InChI=1S/C11H18N2O2/c1-7(2)9-5-13(6-9)11(14)8-3-10(4-8)12-15/h7-10H,3-6H2,1-2H3. The summed E-state index contributed by atoms with van der Waals surface area (Å²) in [7, 11) is 0. The van der Waals surface area contributed by atoms with E-state index >= 15 is 0 Å². The van der Waals surface area contributed by atoms with Crippen LogP contribution in [0.2, 0.25) is 0 Å². The van der Waals surface area contributed by atoms with Gasteiger partial charge < -0.3 is 4.90 Å². The second kappa shape index (κ2) is 3.91. The molecule has 1 saturated heterocycles. The highest BCUT2D eigenvalue weighted by Crippen LogP contribution is 2.34. The Bertz CT molecular complexity index is 266. The molecule has 1 heterocycles. The molecule has 0 spiro atoms. The van der Waals surface area contributed by atoms with Crippen LogP contribution >= 0.6 is 0 Å². The van der Waals surface area contributed by atoms with Crippen LogP contribution in [0.3, 0.4) is 0 Å². The number of carbonyl (C=O) groups excluding carboxylic acids is 1. The number of rotatable bonds is 3. The minimum Gasteiger partial charge on any atom is -0.342 e. The molecule has 2 rings (SSSR count). The fraction of sp³-hybridized carbons (Fsp3) is 0.909. The Morgan fingerprint density at radius 1 is 1.33 bits per heavy atom. The Balaban J connectivity index is 1.73. The van der Waals surface area contributed by atoms with Crippen LogP contribution in [-0.4, -0.2) is 29.9 Å². The summed E-state index contributed by atoms with van der Waals surface area (Å²) in [6, 6.07) is -0.0962. The van der Waals surface area contributed by atoms with E-state index in [1.54, 1.807) is 0 Å². The Kier molecular flexibility index (Phi) is 2.76. The molecule has 0 aromatic heterocycles.